The van der Waals surface area contributed by atoms with Crippen molar-refractivity contribution in [3.8, 4) is 11.9 Å². The highest BCUT2D eigenvalue weighted by atomic mass is 127. The lowest BCUT2D eigenvalue weighted by Gasteiger charge is -2.22. The molecule has 0 spiro atoms. The molecule has 0 bridgehead atoms. The molecule has 1 fully saturated rings. The van der Waals surface area contributed by atoms with Gasteiger partial charge in [-0.1, -0.05) is 6.07 Å². The van der Waals surface area contributed by atoms with E-state index in [4.69, 9.17) is 10.00 Å². The van der Waals surface area contributed by atoms with E-state index in [1.54, 1.807) is 12.1 Å². The number of nitrogens with one attached hydrogen (secondary N) is 1. The third-order valence-corrected chi connectivity index (χ3v) is 4.63. The van der Waals surface area contributed by atoms with E-state index in [2.05, 4.69) is 33.0 Å². The largest absolute Gasteiger partial charge is 0.471 e. The molecule has 23 heavy (non-hydrogen) atoms. The number of benzene rings is 1. The van der Waals surface area contributed by atoms with Crippen LogP contribution in [-0.2, 0) is 6.61 Å². The van der Waals surface area contributed by atoms with Gasteiger partial charge in [0.2, 0.25) is 5.88 Å². The number of hydrogen-bond donors (Lipinski definition) is 1. The molecule has 7 heteroatoms. The van der Waals surface area contributed by atoms with Gasteiger partial charge in [-0.3, -0.25) is 4.68 Å². The highest BCUT2D eigenvalue weighted by Gasteiger charge is 2.18. The Morgan fingerprint density at radius 3 is 2.91 bits per heavy atom. The summed E-state index contributed by atoms with van der Waals surface area (Å²) in [7, 11) is 0. The van der Waals surface area contributed by atoms with Crippen LogP contribution in [0.25, 0.3) is 0 Å². The van der Waals surface area contributed by atoms with E-state index < -0.39 is 5.82 Å². The molecule has 2 heterocycles. The summed E-state index contributed by atoms with van der Waals surface area (Å²) in [6, 6.07) is 6.68. The zero-order valence-electron chi connectivity index (χ0n) is 12.4. The van der Waals surface area contributed by atoms with Crippen molar-refractivity contribution in [2.75, 3.05) is 13.1 Å². The second kappa shape index (κ2) is 7.27. The summed E-state index contributed by atoms with van der Waals surface area (Å²) in [6.07, 6.45) is 4.06. The number of aromatic nitrogens is 2. The fourth-order valence-electron chi connectivity index (χ4n) is 2.59. The van der Waals surface area contributed by atoms with Crippen molar-refractivity contribution in [1.82, 2.24) is 15.1 Å². The molecule has 0 radical (unpaired) electrons. The van der Waals surface area contributed by atoms with Crippen molar-refractivity contribution in [3.63, 3.8) is 0 Å². The minimum Gasteiger partial charge on any atom is -0.471 e. The predicted molar refractivity (Wildman–Crippen MR) is 91.5 cm³/mol. The van der Waals surface area contributed by atoms with Crippen molar-refractivity contribution in [2.24, 2.45) is 0 Å². The van der Waals surface area contributed by atoms with Crippen molar-refractivity contribution in [3.05, 3.63) is 44.9 Å². The van der Waals surface area contributed by atoms with E-state index >= 15 is 0 Å². The number of nitriles is 1. The van der Waals surface area contributed by atoms with Gasteiger partial charge in [0.05, 0.1) is 21.2 Å². The van der Waals surface area contributed by atoms with Gasteiger partial charge >= 0.3 is 0 Å². The summed E-state index contributed by atoms with van der Waals surface area (Å²) in [5, 5.41) is 16.6. The number of ether oxygens (including phenoxy) is 1. The number of nitrogens with zero attached hydrogens (tertiary/aromatic N) is 3. The van der Waals surface area contributed by atoms with Crippen LogP contribution in [0.15, 0.2) is 24.4 Å². The average Bonchev–Trinajstić information content (AvgIpc) is 2.95. The Kier molecular flexibility index (Phi) is 5.13. The second-order valence-corrected chi connectivity index (χ2v) is 6.61. The van der Waals surface area contributed by atoms with Crippen molar-refractivity contribution in [1.29, 1.82) is 5.26 Å². The number of halogens is 2. The zero-order valence-corrected chi connectivity index (χ0v) is 14.6. The van der Waals surface area contributed by atoms with E-state index in [1.165, 1.54) is 6.07 Å². The van der Waals surface area contributed by atoms with E-state index in [0.717, 1.165) is 29.5 Å². The molecular formula is C16H16FIN4O. The third kappa shape index (κ3) is 3.82. The smallest absolute Gasteiger partial charge is 0.246 e. The molecule has 3 rings (SSSR count). The topological polar surface area (TPSA) is 62.9 Å². The predicted octanol–water partition coefficient (Wildman–Crippen LogP) is 3.00. The quantitative estimate of drug-likeness (QED) is 0.764. The Labute approximate surface area is 147 Å². The van der Waals surface area contributed by atoms with Gasteiger partial charge in [0.15, 0.2) is 0 Å². The molecule has 0 unspecified atom stereocenters. The van der Waals surface area contributed by atoms with Gasteiger partial charge < -0.3 is 10.1 Å². The minimum absolute atomic E-state index is 0.0940. The maximum absolute atomic E-state index is 13.9. The summed E-state index contributed by atoms with van der Waals surface area (Å²) in [4.78, 5) is 0. The molecule has 0 aliphatic carbocycles. The molecule has 0 saturated carbocycles. The van der Waals surface area contributed by atoms with Crippen LogP contribution in [0.2, 0.25) is 0 Å². The highest BCUT2D eigenvalue weighted by molar-refractivity contribution is 14.1. The molecule has 1 N–H and O–H groups in total. The summed E-state index contributed by atoms with van der Waals surface area (Å²) in [5.41, 5.74) is 0.715. The molecule has 5 nitrogen and oxygen atoms in total. The van der Waals surface area contributed by atoms with Gasteiger partial charge in [0.1, 0.15) is 12.4 Å². The molecule has 1 aliphatic rings. The van der Waals surface area contributed by atoms with Gasteiger partial charge in [0.25, 0.3) is 0 Å². The van der Waals surface area contributed by atoms with Crippen molar-refractivity contribution in [2.45, 2.75) is 25.5 Å². The molecule has 1 aliphatic heterocycles. The van der Waals surface area contributed by atoms with Crippen LogP contribution >= 0.6 is 22.6 Å². The maximum Gasteiger partial charge on any atom is 0.246 e. The third-order valence-electron chi connectivity index (χ3n) is 3.89. The molecule has 1 saturated heterocycles. The average molecular weight is 426 g/mol. The first-order chi connectivity index (χ1) is 11.2. The first kappa shape index (κ1) is 16.2. The molecule has 2 aromatic rings. The number of rotatable bonds is 4. The molecule has 1 aromatic heterocycles. The normalized spacial score (nSPS) is 15.3. The SMILES string of the molecule is N#Cc1ccc(COc2nn(C3CCNCC3)cc2I)c(F)c1. The van der Waals surface area contributed by atoms with Crippen LogP contribution in [0, 0.1) is 20.7 Å². The Morgan fingerprint density at radius 2 is 2.22 bits per heavy atom. The summed E-state index contributed by atoms with van der Waals surface area (Å²) in [6.45, 7) is 2.08. The van der Waals surface area contributed by atoms with Gasteiger partial charge in [-0.25, -0.2) is 4.39 Å². The lowest BCUT2D eigenvalue weighted by atomic mass is 10.1. The lowest BCUT2D eigenvalue weighted by molar-refractivity contribution is 0.273. The van der Waals surface area contributed by atoms with Crippen LogP contribution in [-0.4, -0.2) is 22.9 Å². The maximum atomic E-state index is 13.9. The van der Waals surface area contributed by atoms with Crippen LogP contribution < -0.4 is 10.1 Å². The van der Waals surface area contributed by atoms with Crippen molar-refractivity contribution >= 4 is 22.6 Å². The summed E-state index contributed by atoms with van der Waals surface area (Å²) >= 11 is 2.18. The van der Waals surface area contributed by atoms with Gasteiger partial charge in [-0.05, 0) is 60.7 Å². The number of piperidine rings is 1. The van der Waals surface area contributed by atoms with Crippen LogP contribution in [0.5, 0.6) is 5.88 Å². The Hall–Kier alpha value is -1.66. The first-order valence-corrected chi connectivity index (χ1v) is 8.52. The molecule has 1 aromatic carbocycles. The molecule has 0 atom stereocenters. The van der Waals surface area contributed by atoms with Crippen LogP contribution in [0.3, 0.4) is 0 Å². The minimum atomic E-state index is -0.433. The zero-order chi connectivity index (χ0) is 16.2. The van der Waals surface area contributed by atoms with E-state index in [1.807, 2.05) is 16.9 Å². The van der Waals surface area contributed by atoms with E-state index in [9.17, 15) is 4.39 Å². The van der Waals surface area contributed by atoms with Gasteiger partial charge in [-0.2, -0.15) is 5.26 Å². The van der Waals surface area contributed by atoms with E-state index in [-0.39, 0.29) is 6.61 Å². The molecule has 120 valence electrons. The summed E-state index contributed by atoms with van der Waals surface area (Å²) < 4.78 is 22.4. The lowest BCUT2D eigenvalue weighted by Crippen LogP contribution is -2.29. The number of hydrogen-bond acceptors (Lipinski definition) is 4. The highest BCUT2D eigenvalue weighted by Crippen LogP contribution is 2.25. The second-order valence-electron chi connectivity index (χ2n) is 5.45. The van der Waals surface area contributed by atoms with Crippen LogP contribution in [0.1, 0.15) is 30.0 Å². The Bertz CT molecular complexity index is 734. The van der Waals surface area contributed by atoms with E-state index in [0.29, 0.717) is 23.0 Å². The fraction of sp³-hybridized carbons (Fsp3) is 0.375. The Morgan fingerprint density at radius 1 is 1.43 bits per heavy atom. The van der Waals surface area contributed by atoms with Crippen molar-refractivity contribution < 1.29 is 9.13 Å². The molecular weight excluding hydrogens is 410 g/mol. The van der Waals surface area contributed by atoms with Gasteiger partial charge in [-0.15, -0.1) is 5.10 Å². The monoisotopic (exact) mass is 426 g/mol. The summed E-state index contributed by atoms with van der Waals surface area (Å²) in [5.74, 6) is 0.0877. The molecule has 0 amide bonds. The Balaban J connectivity index is 1.68. The van der Waals surface area contributed by atoms with Crippen LogP contribution in [0.4, 0.5) is 4.39 Å². The standard InChI is InChI=1S/C16H16FIN4O/c17-14-7-11(8-19)1-2-12(14)10-23-16-15(18)9-22(21-16)13-3-5-20-6-4-13/h1-2,7,9,13,20H,3-6,10H2. The van der Waals surface area contributed by atoms with Gasteiger partial charge in [0, 0.05) is 11.8 Å². The fourth-order valence-corrected chi connectivity index (χ4v) is 3.14. The first-order valence-electron chi connectivity index (χ1n) is 7.44.